The Labute approximate surface area is 155 Å². The van der Waals surface area contributed by atoms with Crippen LogP contribution in [0.3, 0.4) is 0 Å². The van der Waals surface area contributed by atoms with Gasteiger partial charge >= 0.3 is 0 Å². The van der Waals surface area contributed by atoms with Crippen molar-refractivity contribution in [1.29, 1.82) is 0 Å². The van der Waals surface area contributed by atoms with Crippen LogP contribution >= 0.6 is 0 Å². The number of nitrogens with zero attached hydrogens (tertiary/aromatic N) is 3. The number of ether oxygens (including phenoxy) is 1. The molecule has 26 heavy (non-hydrogen) atoms. The molecule has 0 bridgehead atoms. The van der Waals surface area contributed by atoms with Gasteiger partial charge in [0.05, 0.1) is 18.9 Å². The van der Waals surface area contributed by atoms with Crippen molar-refractivity contribution in [3.05, 3.63) is 0 Å². The molecule has 1 atom stereocenters. The molecule has 1 unspecified atom stereocenters. The molecule has 2 fully saturated rings. The minimum atomic E-state index is -0.438. The second kappa shape index (κ2) is 8.84. The van der Waals surface area contributed by atoms with Crippen LogP contribution in [-0.4, -0.2) is 72.8 Å². The molecule has 7 heteroatoms. The van der Waals surface area contributed by atoms with Gasteiger partial charge in [0.25, 0.3) is 5.91 Å². The number of carbonyl (C=O) groups is 2. The third kappa shape index (κ3) is 4.75. The Morgan fingerprint density at radius 2 is 1.81 bits per heavy atom. The van der Waals surface area contributed by atoms with Crippen molar-refractivity contribution in [3.63, 3.8) is 0 Å². The largest absolute Gasteiger partial charge is 0.382 e. The molecule has 3 rings (SSSR count). The van der Waals surface area contributed by atoms with E-state index >= 15 is 0 Å². The summed E-state index contributed by atoms with van der Waals surface area (Å²) in [5, 5.41) is 4.06. The molecule has 2 saturated heterocycles. The molecule has 7 nitrogen and oxygen atoms in total. The van der Waals surface area contributed by atoms with Crippen LogP contribution in [0.2, 0.25) is 0 Å². The van der Waals surface area contributed by atoms with E-state index in [1.165, 1.54) is 0 Å². The molecule has 0 saturated carbocycles. The first kappa shape index (κ1) is 19.1. The van der Waals surface area contributed by atoms with E-state index < -0.39 is 6.10 Å². The van der Waals surface area contributed by atoms with Gasteiger partial charge in [-0.2, -0.15) is 0 Å². The van der Waals surface area contributed by atoms with E-state index in [4.69, 9.17) is 9.57 Å². The lowest BCUT2D eigenvalue weighted by Gasteiger charge is -2.33. The highest BCUT2D eigenvalue weighted by Gasteiger charge is 2.34. The molecule has 3 heterocycles. The number of hydrogen-bond acceptors (Lipinski definition) is 5. The van der Waals surface area contributed by atoms with E-state index in [2.05, 4.69) is 19.0 Å². The molecule has 0 radical (unpaired) electrons. The summed E-state index contributed by atoms with van der Waals surface area (Å²) in [7, 11) is 0. The highest BCUT2D eigenvalue weighted by molar-refractivity contribution is 5.93. The van der Waals surface area contributed by atoms with Gasteiger partial charge in [-0.25, -0.2) is 0 Å². The van der Waals surface area contributed by atoms with Gasteiger partial charge in [0.1, 0.15) is 0 Å². The molecule has 0 aromatic heterocycles. The average Bonchev–Trinajstić information content (AvgIpc) is 3.17. The zero-order chi connectivity index (χ0) is 18.5. The number of piperidine rings is 1. The van der Waals surface area contributed by atoms with Gasteiger partial charge < -0.3 is 19.4 Å². The van der Waals surface area contributed by atoms with Crippen molar-refractivity contribution in [1.82, 2.24) is 9.80 Å². The van der Waals surface area contributed by atoms with E-state index in [1.54, 1.807) is 0 Å². The number of likely N-dealkylation sites (tertiary alicyclic amines) is 1. The van der Waals surface area contributed by atoms with E-state index in [0.717, 1.165) is 38.1 Å². The monoisotopic (exact) mass is 365 g/mol. The third-order valence-corrected chi connectivity index (χ3v) is 5.69. The summed E-state index contributed by atoms with van der Waals surface area (Å²) in [5.41, 5.74) is 0.972. The van der Waals surface area contributed by atoms with Gasteiger partial charge in [-0.3, -0.25) is 9.59 Å². The quantitative estimate of drug-likeness (QED) is 0.743. The summed E-state index contributed by atoms with van der Waals surface area (Å²) in [4.78, 5) is 34.0. The van der Waals surface area contributed by atoms with Gasteiger partial charge in [-0.1, -0.05) is 19.0 Å². The van der Waals surface area contributed by atoms with E-state index in [0.29, 0.717) is 51.0 Å². The van der Waals surface area contributed by atoms with Crippen LogP contribution in [0.1, 0.15) is 46.0 Å². The summed E-state index contributed by atoms with van der Waals surface area (Å²) in [6.07, 6.45) is 3.63. The zero-order valence-corrected chi connectivity index (χ0v) is 16.0. The van der Waals surface area contributed by atoms with Gasteiger partial charge in [0, 0.05) is 39.0 Å². The first-order valence-corrected chi connectivity index (χ1v) is 9.91. The Bertz CT molecular complexity index is 535. The van der Waals surface area contributed by atoms with Crippen molar-refractivity contribution >= 4 is 17.5 Å². The van der Waals surface area contributed by atoms with Crippen LogP contribution < -0.4 is 0 Å². The van der Waals surface area contributed by atoms with E-state index in [1.807, 2.05) is 9.80 Å². The molecule has 2 amide bonds. The Morgan fingerprint density at radius 3 is 2.42 bits per heavy atom. The van der Waals surface area contributed by atoms with E-state index in [9.17, 15) is 9.59 Å². The second-order valence-electron chi connectivity index (χ2n) is 7.84. The maximum Gasteiger partial charge on any atom is 0.266 e. The second-order valence-corrected chi connectivity index (χ2v) is 7.84. The van der Waals surface area contributed by atoms with Crippen LogP contribution in [0.5, 0.6) is 0 Å². The summed E-state index contributed by atoms with van der Waals surface area (Å²) in [5.74, 6) is 1.15. The van der Waals surface area contributed by atoms with Crippen LogP contribution in [0, 0.1) is 11.8 Å². The van der Waals surface area contributed by atoms with Crippen molar-refractivity contribution in [3.8, 4) is 0 Å². The fourth-order valence-electron chi connectivity index (χ4n) is 3.81. The Kier molecular flexibility index (Phi) is 6.51. The van der Waals surface area contributed by atoms with Gasteiger partial charge in [-0.15, -0.1) is 0 Å². The van der Waals surface area contributed by atoms with Crippen molar-refractivity contribution in [2.45, 2.75) is 52.1 Å². The number of oxime groups is 1. The highest BCUT2D eigenvalue weighted by atomic mass is 16.6. The fourth-order valence-corrected chi connectivity index (χ4v) is 3.81. The Balaban J connectivity index is 1.36. The summed E-state index contributed by atoms with van der Waals surface area (Å²) < 4.78 is 5.29. The molecule has 146 valence electrons. The minimum absolute atomic E-state index is 0.0623. The maximum atomic E-state index is 12.6. The third-order valence-electron chi connectivity index (χ3n) is 5.69. The fraction of sp³-hybridized carbons (Fsp3) is 0.842. The number of morpholine rings is 1. The molecule has 3 aliphatic rings. The number of carbonyl (C=O) groups excluding carboxylic acids is 2. The number of hydrogen-bond donors (Lipinski definition) is 0. The summed E-state index contributed by atoms with van der Waals surface area (Å²) in [6, 6.07) is 0. The molecular formula is C19H31N3O4. The topological polar surface area (TPSA) is 71.4 Å². The van der Waals surface area contributed by atoms with Crippen LogP contribution in [0.4, 0.5) is 0 Å². The molecule has 0 aromatic rings. The van der Waals surface area contributed by atoms with Crippen molar-refractivity contribution in [2.24, 2.45) is 17.0 Å². The predicted octanol–water partition coefficient (Wildman–Crippen LogP) is 1.66. The lowest BCUT2D eigenvalue weighted by molar-refractivity contribution is -0.143. The molecule has 0 aliphatic carbocycles. The molecule has 0 aromatic carbocycles. The summed E-state index contributed by atoms with van der Waals surface area (Å²) in [6.45, 7) is 8.38. The summed E-state index contributed by atoms with van der Waals surface area (Å²) >= 11 is 0. The highest BCUT2D eigenvalue weighted by Crippen LogP contribution is 2.25. The Hall–Kier alpha value is -1.63. The van der Waals surface area contributed by atoms with E-state index in [-0.39, 0.29) is 11.8 Å². The lowest BCUT2D eigenvalue weighted by Crippen LogP contribution is -2.44. The normalized spacial score (nSPS) is 24.6. The van der Waals surface area contributed by atoms with Crippen LogP contribution in [0.15, 0.2) is 5.16 Å². The predicted molar refractivity (Wildman–Crippen MR) is 97.7 cm³/mol. The number of rotatable bonds is 5. The molecular weight excluding hydrogens is 334 g/mol. The SMILES string of the molecule is CC(C)C1=NOC(C(=O)N2CCC(CCC(=O)N3CCOCC3)CC2)C1. The average molecular weight is 365 g/mol. The molecule has 3 aliphatic heterocycles. The minimum Gasteiger partial charge on any atom is -0.382 e. The Morgan fingerprint density at radius 1 is 1.12 bits per heavy atom. The standard InChI is InChI=1S/C19H31N3O4/c1-14(2)16-13-17(26-20-16)19(24)22-7-5-15(6-8-22)3-4-18(23)21-9-11-25-12-10-21/h14-15,17H,3-13H2,1-2H3. The first-order chi connectivity index (χ1) is 12.5. The maximum absolute atomic E-state index is 12.6. The van der Waals surface area contributed by atoms with Crippen molar-refractivity contribution < 1.29 is 19.2 Å². The van der Waals surface area contributed by atoms with Crippen LogP contribution in [0.25, 0.3) is 0 Å². The van der Waals surface area contributed by atoms with Gasteiger partial charge in [0.15, 0.2) is 0 Å². The first-order valence-electron chi connectivity index (χ1n) is 9.91. The van der Waals surface area contributed by atoms with Gasteiger partial charge in [-0.05, 0) is 31.1 Å². The zero-order valence-electron chi connectivity index (χ0n) is 16.0. The van der Waals surface area contributed by atoms with Crippen molar-refractivity contribution in [2.75, 3.05) is 39.4 Å². The number of amides is 2. The van der Waals surface area contributed by atoms with Crippen LogP contribution in [-0.2, 0) is 19.2 Å². The van der Waals surface area contributed by atoms with Gasteiger partial charge in [0.2, 0.25) is 12.0 Å². The smallest absolute Gasteiger partial charge is 0.266 e. The molecule has 0 N–H and O–H groups in total. The lowest BCUT2D eigenvalue weighted by atomic mass is 9.91. The molecule has 0 spiro atoms.